The van der Waals surface area contributed by atoms with E-state index in [0.29, 0.717) is 0 Å². The largest absolute Gasteiger partial charge is 0.372 e. The minimum absolute atomic E-state index is 0.753. The van der Waals surface area contributed by atoms with Crippen LogP contribution in [0.3, 0.4) is 0 Å². The van der Waals surface area contributed by atoms with Gasteiger partial charge >= 0.3 is 0 Å². The highest BCUT2D eigenvalue weighted by Crippen LogP contribution is 2.28. The summed E-state index contributed by atoms with van der Waals surface area (Å²) < 4.78 is 0. The van der Waals surface area contributed by atoms with Crippen molar-refractivity contribution in [2.24, 2.45) is 5.92 Å². The van der Waals surface area contributed by atoms with E-state index in [4.69, 9.17) is 0 Å². The maximum atomic E-state index is 2.45. The lowest BCUT2D eigenvalue weighted by Crippen LogP contribution is -2.34. The van der Waals surface area contributed by atoms with Crippen LogP contribution in [0.15, 0.2) is 30.3 Å². The molecule has 0 aliphatic heterocycles. The molecule has 1 aromatic rings. The fraction of sp³-hybridized carbons (Fsp3) is 0.571. The molecule has 0 amide bonds. The van der Waals surface area contributed by atoms with Gasteiger partial charge < -0.3 is 4.90 Å². The predicted molar refractivity (Wildman–Crippen MR) is 66.3 cm³/mol. The molecular formula is C14H21N. The molecule has 0 heterocycles. The zero-order chi connectivity index (χ0) is 10.7. The Bertz CT molecular complexity index is 285. The van der Waals surface area contributed by atoms with E-state index in [9.17, 15) is 0 Å². The molecule has 1 heteroatoms. The van der Waals surface area contributed by atoms with Gasteiger partial charge in [0.1, 0.15) is 0 Å². The number of nitrogens with zero attached hydrogens (tertiary/aromatic N) is 1. The maximum Gasteiger partial charge on any atom is 0.0366 e. The first-order chi connectivity index (χ1) is 7.27. The molecule has 0 radical (unpaired) electrons. The molecule has 0 N–H and O–H groups in total. The first-order valence-electron chi connectivity index (χ1n) is 6.05. The first-order valence-corrected chi connectivity index (χ1v) is 6.05. The Kier molecular flexibility index (Phi) is 3.30. The van der Waals surface area contributed by atoms with Crippen molar-refractivity contribution in [2.75, 3.05) is 11.9 Å². The van der Waals surface area contributed by atoms with Crippen LogP contribution in [0, 0.1) is 5.92 Å². The van der Waals surface area contributed by atoms with Gasteiger partial charge in [0.05, 0.1) is 0 Å². The van der Waals surface area contributed by atoms with Crippen molar-refractivity contribution in [1.29, 1.82) is 0 Å². The second-order valence-electron chi connectivity index (χ2n) is 4.86. The monoisotopic (exact) mass is 203 g/mol. The lowest BCUT2D eigenvalue weighted by Gasteiger charge is -2.35. The quantitative estimate of drug-likeness (QED) is 0.708. The van der Waals surface area contributed by atoms with Crippen molar-refractivity contribution in [3.05, 3.63) is 30.3 Å². The van der Waals surface area contributed by atoms with Crippen LogP contribution in [0.5, 0.6) is 0 Å². The summed E-state index contributed by atoms with van der Waals surface area (Å²) in [5, 5.41) is 0. The highest BCUT2D eigenvalue weighted by molar-refractivity contribution is 5.46. The molecule has 15 heavy (non-hydrogen) atoms. The van der Waals surface area contributed by atoms with Gasteiger partial charge in [-0.05, 0) is 43.7 Å². The Morgan fingerprint density at radius 2 is 1.60 bits per heavy atom. The number of hydrogen-bond acceptors (Lipinski definition) is 1. The molecule has 0 atom stereocenters. The lowest BCUT2D eigenvalue weighted by atomic mass is 9.86. The van der Waals surface area contributed by atoms with Gasteiger partial charge in [-0.25, -0.2) is 0 Å². The Morgan fingerprint density at radius 1 is 1.00 bits per heavy atom. The number of hydrogen-bond donors (Lipinski definition) is 0. The maximum absolute atomic E-state index is 2.45. The fourth-order valence-electron chi connectivity index (χ4n) is 2.50. The van der Waals surface area contributed by atoms with Crippen LogP contribution < -0.4 is 4.90 Å². The summed E-state index contributed by atoms with van der Waals surface area (Å²) in [4.78, 5) is 2.45. The SMILES string of the molecule is CC1CCC(N(C)c2ccccc2)CC1. The number of rotatable bonds is 2. The fourth-order valence-corrected chi connectivity index (χ4v) is 2.50. The van der Waals surface area contributed by atoms with Crippen molar-refractivity contribution in [3.63, 3.8) is 0 Å². The van der Waals surface area contributed by atoms with Crippen molar-refractivity contribution in [3.8, 4) is 0 Å². The van der Waals surface area contributed by atoms with Crippen molar-refractivity contribution in [1.82, 2.24) is 0 Å². The summed E-state index contributed by atoms with van der Waals surface area (Å²) in [5.41, 5.74) is 1.36. The van der Waals surface area contributed by atoms with Gasteiger partial charge in [0.15, 0.2) is 0 Å². The molecule has 1 aromatic carbocycles. The van der Waals surface area contributed by atoms with Gasteiger partial charge in [0, 0.05) is 18.8 Å². The minimum atomic E-state index is 0.753. The summed E-state index contributed by atoms with van der Waals surface area (Å²) in [5.74, 6) is 0.936. The molecule has 0 unspecified atom stereocenters. The minimum Gasteiger partial charge on any atom is -0.372 e. The van der Waals surface area contributed by atoms with E-state index in [1.807, 2.05) is 0 Å². The normalized spacial score (nSPS) is 26.3. The second-order valence-corrected chi connectivity index (χ2v) is 4.86. The van der Waals surface area contributed by atoms with Gasteiger partial charge in [0.2, 0.25) is 0 Å². The number of para-hydroxylation sites is 1. The van der Waals surface area contributed by atoms with Crippen LogP contribution in [0.1, 0.15) is 32.6 Å². The molecule has 2 rings (SSSR count). The molecule has 0 spiro atoms. The van der Waals surface area contributed by atoms with Crippen LogP contribution in [0.25, 0.3) is 0 Å². The smallest absolute Gasteiger partial charge is 0.0366 e. The highest BCUT2D eigenvalue weighted by atomic mass is 15.1. The molecule has 82 valence electrons. The molecule has 0 bridgehead atoms. The predicted octanol–water partition coefficient (Wildman–Crippen LogP) is 3.70. The van der Waals surface area contributed by atoms with Crippen LogP contribution in [-0.4, -0.2) is 13.1 Å². The standard InChI is InChI=1S/C14H21N/c1-12-8-10-14(11-9-12)15(2)13-6-4-3-5-7-13/h3-7,12,14H,8-11H2,1-2H3. The van der Waals surface area contributed by atoms with Crippen LogP contribution in [0.2, 0.25) is 0 Å². The average molecular weight is 203 g/mol. The molecule has 1 nitrogen and oxygen atoms in total. The molecule has 0 aromatic heterocycles. The van der Waals surface area contributed by atoms with Crippen molar-refractivity contribution in [2.45, 2.75) is 38.6 Å². The van der Waals surface area contributed by atoms with E-state index in [2.05, 4.69) is 49.2 Å². The molecule has 1 aliphatic rings. The van der Waals surface area contributed by atoms with Gasteiger partial charge in [0.25, 0.3) is 0 Å². The van der Waals surface area contributed by atoms with E-state index in [0.717, 1.165) is 12.0 Å². The molecule has 0 saturated heterocycles. The summed E-state index contributed by atoms with van der Waals surface area (Å²) >= 11 is 0. The molecule has 1 saturated carbocycles. The van der Waals surface area contributed by atoms with Gasteiger partial charge in [-0.3, -0.25) is 0 Å². The van der Waals surface area contributed by atoms with Crippen LogP contribution in [0.4, 0.5) is 5.69 Å². The lowest BCUT2D eigenvalue weighted by molar-refractivity contribution is 0.341. The topological polar surface area (TPSA) is 3.24 Å². The molecule has 1 aliphatic carbocycles. The number of anilines is 1. The molecule has 1 fully saturated rings. The summed E-state index contributed by atoms with van der Waals surface area (Å²) in [7, 11) is 2.23. The summed E-state index contributed by atoms with van der Waals surface area (Å²) in [6, 6.07) is 11.5. The Balaban J connectivity index is 1.99. The van der Waals surface area contributed by atoms with E-state index in [1.54, 1.807) is 0 Å². The Hall–Kier alpha value is -0.980. The third-order valence-electron chi connectivity index (χ3n) is 3.70. The highest BCUT2D eigenvalue weighted by Gasteiger charge is 2.21. The van der Waals surface area contributed by atoms with E-state index >= 15 is 0 Å². The van der Waals surface area contributed by atoms with E-state index in [-0.39, 0.29) is 0 Å². The third-order valence-corrected chi connectivity index (χ3v) is 3.70. The second kappa shape index (κ2) is 4.69. The van der Waals surface area contributed by atoms with Gasteiger partial charge in [-0.1, -0.05) is 25.1 Å². The average Bonchev–Trinajstić information content (AvgIpc) is 2.30. The summed E-state index contributed by atoms with van der Waals surface area (Å²) in [6.45, 7) is 2.37. The molecular weight excluding hydrogens is 182 g/mol. The van der Waals surface area contributed by atoms with Gasteiger partial charge in [-0.2, -0.15) is 0 Å². The van der Waals surface area contributed by atoms with E-state index < -0.39 is 0 Å². The first kappa shape index (κ1) is 10.5. The summed E-state index contributed by atoms with van der Waals surface area (Å²) in [6.07, 6.45) is 5.49. The van der Waals surface area contributed by atoms with E-state index in [1.165, 1.54) is 31.4 Å². The van der Waals surface area contributed by atoms with Gasteiger partial charge in [-0.15, -0.1) is 0 Å². The zero-order valence-electron chi connectivity index (χ0n) is 9.82. The van der Waals surface area contributed by atoms with Crippen molar-refractivity contribution < 1.29 is 0 Å². The Morgan fingerprint density at radius 3 is 2.20 bits per heavy atom. The van der Waals surface area contributed by atoms with Crippen molar-refractivity contribution >= 4 is 5.69 Å². The van der Waals surface area contributed by atoms with Crippen LogP contribution in [-0.2, 0) is 0 Å². The Labute approximate surface area is 93.1 Å². The number of benzene rings is 1. The zero-order valence-corrected chi connectivity index (χ0v) is 9.82. The van der Waals surface area contributed by atoms with Crippen LogP contribution >= 0.6 is 0 Å². The third kappa shape index (κ3) is 2.53.